The Morgan fingerprint density at radius 3 is 2.66 bits per heavy atom. The van der Waals surface area contributed by atoms with E-state index in [4.69, 9.17) is 0 Å². The molecular weight excluding hydrogens is 456 g/mol. The molecule has 2 bridgehead atoms. The zero-order valence-electron chi connectivity index (χ0n) is 18.9. The molecule has 2 atom stereocenters. The van der Waals surface area contributed by atoms with E-state index in [0.29, 0.717) is 22.3 Å². The van der Waals surface area contributed by atoms with Gasteiger partial charge in [-0.25, -0.2) is 24.3 Å². The van der Waals surface area contributed by atoms with Crippen molar-refractivity contribution in [3.8, 4) is 17.2 Å². The van der Waals surface area contributed by atoms with Crippen LogP contribution < -0.4 is 5.32 Å². The van der Waals surface area contributed by atoms with Gasteiger partial charge in [-0.2, -0.15) is 4.39 Å². The fraction of sp³-hybridized carbons (Fsp3) is 0.375. The van der Waals surface area contributed by atoms with Gasteiger partial charge in [-0.3, -0.25) is 9.36 Å². The lowest BCUT2D eigenvalue weighted by Crippen LogP contribution is -2.51. The number of fused-ring (bicyclic) bond motifs is 4. The average molecular weight is 479 g/mol. The number of carbonyl (C=O) groups is 1. The lowest BCUT2D eigenvalue weighted by Gasteiger charge is -2.47. The molecule has 3 aliphatic rings. The Labute approximate surface area is 198 Å². The summed E-state index contributed by atoms with van der Waals surface area (Å²) in [4.78, 5) is 32.2. The topological polar surface area (TPSA) is 122 Å². The quantitative estimate of drug-likeness (QED) is 0.394. The maximum Gasteiger partial charge on any atom is 0.308 e. The number of imidazole rings is 1. The summed E-state index contributed by atoms with van der Waals surface area (Å²) in [6.45, 7) is 1.78. The van der Waals surface area contributed by atoms with E-state index in [1.807, 2.05) is 0 Å². The third kappa shape index (κ3) is 3.62. The number of H-pyrrole nitrogens is 1. The van der Waals surface area contributed by atoms with E-state index in [-0.39, 0.29) is 29.3 Å². The van der Waals surface area contributed by atoms with Crippen LogP contribution in [0.15, 0.2) is 31.0 Å². The standard InChI is InChI=1S/C24H23F2N7O2/c1-11-9-33(10-29-11)23-18(26)22(30-19-13-4-2-12(3-5-13)17(19)24(34)35)31-21(32-23)16-8-28-20-15(16)6-14(25)7-27-20/h6-10,12-13,17,19H,2-5H2,1H3,(H,27,28)(H,34,35)(H,30,31,32). The molecule has 0 aliphatic heterocycles. The minimum Gasteiger partial charge on any atom is -0.481 e. The molecule has 3 fully saturated rings. The van der Waals surface area contributed by atoms with Crippen LogP contribution in [0.4, 0.5) is 14.6 Å². The maximum absolute atomic E-state index is 15.8. The highest BCUT2D eigenvalue weighted by molar-refractivity contribution is 5.91. The van der Waals surface area contributed by atoms with Crippen LogP contribution in [0.5, 0.6) is 0 Å². The van der Waals surface area contributed by atoms with E-state index in [2.05, 4.69) is 30.2 Å². The van der Waals surface area contributed by atoms with Crippen LogP contribution in [0.3, 0.4) is 0 Å². The molecule has 3 saturated carbocycles. The SMILES string of the molecule is Cc1cn(-c2nc(-c3c[nH]c4ncc(F)cc34)nc(NC3C4CCC(CC4)C3C(=O)O)c2F)cn1. The van der Waals surface area contributed by atoms with Crippen LogP contribution in [-0.4, -0.2) is 46.6 Å². The number of carboxylic acids is 1. The number of aryl methyl sites for hydroxylation is 1. The fourth-order valence-corrected chi connectivity index (χ4v) is 5.69. The molecule has 35 heavy (non-hydrogen) atoms. The first kappa shape index (κ1) is 21.6. The summed E-state index contributed by atoms with van der Waals surface area (Å²) < 4.78 is 31.2. The molecule has 9 nitrogen and oxygen atoms in total. The second-order valence-corrected chi connectivity index (χ2v) is 9.42. The Hall–Kier alpha value is -3.89. The molecular formula is C24H23F2N7O2. The maximum atomic E-state index is 15.8. The van der Waals surface area contributed by atoms with Crippen LogP contribution >= 0.6 is 0 Å². The molecule has 4 aromatic heterocycles. The molecule has 0 aromatic carbocycles. The molecule has 11 heteroatoms. The summed E-state index contributed by atoms with van der Waals surface area (Å²) in [5.74, 6) is -2.53. The van der Waals surface area contributed by atoms with Gasteiger partial charge < -0.3 is 15.4 Å². The molecule has 180 valence electrons. The van der Waals surface area contributed by atoms with Crippen molar-refractivity contribution < 1.29 is 18.7 Å². The van der Waals surface area contributed by atoms with Crippen LogP contribution in [0.2, 0.25) is 0 Å². The second-order valence-electron chi connectivity index (χ2n) is 9.42. The number of nitrogens with zero attached hydrogens (tertiary/aromatic N) is 5. The van der Waals surface area contributed by atoms with Gasteiger partial charge in [0.1, 0.15) is 17.8 Å². The van der Waals surface area contributed by atoms with E-state index in [1.165, 1.54) is 17.0 Å². The predicted octanol–water partition coefficient (Wildman–Crippen LogP) is 4.09. The van der Waals surface area contributed by atoms with Gasteiger partial charge in [0.2, 0.25) is 5.82 Å². The Balaban J connectivity index is 1.50. The summed E-state index contributed by atoms with van der Waals surface area (Å²) in [5, 5.41) is 13.5. The summed E-state index contributed by atoms with van der Waals surface area (Å²) in [7, 11) is 0. The first-order chi connectivity index (χ1) is 16.9. The summed E-state index contributed by atoms with van der Waals surface area (Å²) >= 11 is 0. The third-order valence-electron chi connectivity index (χ3n) is 7.34. The number of halogens is 2. The van der Waals surface area contributed by atoms with Crippen LogP contribution in [0, 0.1) is 36.3 Å². The van der Waals surface area contributed by atoms with Crippen LogP contribution in [0.25, 0.3) is 28.2 Å². The first-order valence-electron chi connectivity index (χ1n) is 11.6. The number of hydrogen-bond donors (Lipinski definition) is 3. The zero-order valence-corrected chi connectivity index (χ0v) is 18.9. The summed E-state index contributed by atoms with van der Waals surface area (Å²) in [5.41, 5.74) is 1.57. The van der Waals surface area contributed by atoms with Crippen molar-refractivity contribution in [2.24, 2.45) is 17.8 Å². The molecule has 7 rings (SSSR count). The summed E-state index contributed by atoms with van der Waals surface area (Å²) in [6.07, 6.45) is 9.31. The van der Waals surface area contributed by atoms with Crippen molar-refractivity contribution >= 4 is 22.8 Å². The Kier molecular flexibility index (Phi) is 5.01. The van der Waals surface area contributed by atoms with Gasteiger partial charge in [-0.1, -0.05) is 0 Å². The van der Waals surface area contributed by atoms with Crippen molar-refractivity contribution in [1.82, 2.24) is 29.5 Å². The van der Waals surface area contributed by atoms with Gasteiger partial charge >= 0.3 is 5.97 Å². The normalized spacial score (nSPS) is 23.6. The van der Waals surface area contributed by atoms with Crippen molar-refractivity contribution in [3.05, 3.63) is 48.3 Å². The third-order valence-corrected chi connectivity index (χ3v) is 7.34. The highest BCUT2D eigenvalue weighted by Crippen LogP contribution is 2.46. The molecule has 3 N–H and O–H groups in total. The van der Waals surface area contributed by atoms with E-state index >= 15 is 4.39 Å². The molecule has 2 unspecified atom stereocenters. The highest BCUT2D eigenvalue weighted by Gasteiger charge is 2.47. The summed E-state index contributed by atoms with van der Waals surface area (Å²) in [6, 6.07) is 0.868. The number of aromatic nitrogens is 6. The number of hydrogen-bond acceptors (Lipinski definition) is 6. The minimum absolute atomic E-state index is 0.0374. The second kappa shape index (κ2) is 8.10. The van der Waals surface area contributed by atoms with Gasteiger partial charge in [-0.15, -0.1) is 0 Å². The molecule has 0 amide bonds. The number of aliphatic carboxylic acids is 1. The van der Waals surface area contributed by atoms with Crippen LogP contribution in [-0.2, 0) is 4.79 Å². The van der Waals surface area contributed by atoms with E-state index < -0.39 is 29.6 Å². The number of carboxylic acid groups (broad SMARTS) is 1. The van der Waals surface area contributed by atoms with Gasteiger partial charge in [0.25, 0.3) is 0 Å². The smallest absolute Gasteiger partial charge is 0.308 e. The molecule has 0 radical (unpaired) electrons. The first-order valence-corrected chi connectivity index (χ1v) is 11.6. The van der Waals surface area contributed by atoms with Crippen molar-refractivity contribution in [3.63, 3.8) is 0 Å². The number of rotatable bonds is 5. The Bertz CT molecular complexity index is 1440. The minimum atomic E-state index is -0.879. The number of aromatic amines is 1. The average Bonchev–Trinajstić information content (AvgIpc) is 3.46. The van der Waals surface area contributed by atoms with Gasteiger partial charge in [-0.05, 0) is 50.5 Å². The zero-order chi connectivity index (χ0) is 24.3. The molecule has 4 aromatic rings. The Morgan fingerprint density at radius 2 is 1.94 bits per heavy atom. The fourth-order valence-electron chi connectivity index (χ4n) is 5.69. The largest absolute Gasteiger partial charge is 0.481 e. The lowest BCUT2D eigenvalue weighted by atomic mass is 9.61. The monoisotopic (exact) mass is 479 g/mol. The molecule has 4 heterocycles. The lowest BCUT2D eigenvalue weighted by molar-refractivity contribution is -0.148. The van der Waals surface area contributed by atoms with E-state index in [9.17, 15) is 14.3 Å². The molecule has 0 saturated heterocycles. The highest BCUT2D eigenvalue weighted by atomic mass is 19.1. The van der Waals surface area contributed by atoms with Crippen LogP contribution in [0.1, 0.15) is 31.4 Å². The van der Waals surface area contributed by atoms with Crippen molar-refractivity contribution in [2.45, 2.75) is 38.6 Å². The number of nitrogens with one attached hydrogen (secondary N) is 2. The van der Waals surface area contributed by atoms with E-state index in [0.717, 1.165) is 31.9 Å². The van der Waals surface area contributed by atoms with Gasteiger partial charge in [0.15, 0.2) is 17.5 Å². The van der Waals surface area contributed by atoms with Crippen molar-refractivity contribution in [1.29, 1.82) is 0 Å². The number of anilines is 1. The van der Waals surface area contributed by atoms with Crippen molar-refractivity contribution in [2.75, 3.05) is 5.32 Å². The van der Waals surface area contributed by atoms with Gasteiger partial charge in [0, 0.05) is 29.4 Å². The molecule has 0 spiro atoms. The Morgan fingerprint density at radius 1 is 1.17 bits per heavy atom. The number of pyridine rings is 1. The molecule has 3 aliphatic carbocycles. The van der Waals surface area contributed by atoms with E-state index in [1.54, 1.807) is 19.3 Å². The van der Waals surface area contributed by atoms with Gasteiger partial charge in [0.05, 0.1) is 17.8 Å². The predicted molar refractivity (Wildman–Crippen MR) is 123 cm³/mol.